The maximum Gasteiger partial charge on any atom is 0.139 e. The number of nitrogens with zero attached hydrogens (tertiary/aromatic N) is 2. The van der Waals surface area contributed by atoms with Crippen molar-refractivity contribution in [3.63, 3.8) is 0 Å². The van der Waals surface area contributed by atoms with Crippen molar-refractivity contribution in [3.05, 3.63) is 84.9 Å². The number of nitrogens with one attached hydrogen (secondary N) is 2. The van der Waals surface area contributed by atoms with Crippen molar-refractivity contribution in [2.24, 2.45) is 0 Å². The van der Waals surface area contributed by atoms with Crippen molar-refractivity contribution in [3.8, 4) is 22.8 Å². The van der Waals surface area contributed by atoms with Crippen LogP contribution in [0.25, 0.3) is 55.6 Å². The van der Waals surface area contributed by atoms with Crippen LogP contribution in [-0.4, -0.2) is 19.9 Å². The molecule has 0 saturated heterocycles. The van der Waals surface area contributed by atoms with Gasteiger partial charge in [-0.15, -0.1) is 0 Å². The Kier molecular flexibility index (Phi) is 3.14. The van der Waals surface area contributed by atoms with Crippen LogP contribution in [0.4, 0.5) is 0 Å². The molecule has 0 spiro atoms. The number of imidazole rings is 2. The summed E-state index contributed by atoms with van der Waals surface area (Å²) in [4.78, 5) is 16.5. The zero-order valence-electron chi connectivity index (χ0n) is 15.0. The van der Waals surface area contributed by atoms with Crippen LogP contribution in [0.5, 0.6) is 0 Å². The number of rotatable bonds is 2. The van der Waals surface area contributed by atoms with Gasteiger partial charge in [-0.25, -0.2) is 9.97 Å². The molecule has 0 saturated carbocycles. The zero-order chi connectivity index (χ0) is 18.5. The molecule has 0 unspecified atom stereocenters. The first-order chi connectivity index (χ1) is 13.9. The summed E-state index contributed by atoms with van der Waals surface area (Å²) in [6, 6.07) is 28.9. The predicted molar refractivity (Wildman–Crippen MR) is 114 cm³/mol. The molecule has 0 aliphatic heterocycles. The topological polar surface area (TPSA) is 57.4 Å². The summed E-state index contributed by atoms with van der Waals surface area (Å²) in [5.74, 6) is 1.77. The van der Waals surface area contributed by atoms with Gasteiger partial charge in [-0.2, -0.15) is 0 Å². The molecule has 0 radical (unpaired) electrons. The second kappa shape index (κ2) is 5.79. The maximum absolute atomic E-state index is 4.79. The van der Waals surface area contributed by atoms with Crippen LogP contribution in [-0.2, 0) is 0 Å². The fourth-order valence-corrected chi connectivity index (χ4v) is 3.87. The lowest BCUT2D eigenvalue weighted by Crippen LogP contribution is -1.88. The molecule has 4 aromatic carbocycles. The molecule has 4 nitrogen and oxygen atoms in total. The molecule has 28 heavy (non-hydrogen) atoms. The van der Waals surface area contributed by atoms with E-state index in [1.165, 1.54) is 0 Å². The van der Waals surface area contributed by atoms with Gasteiger partial charge in [-0.3, -0.25) is 0 Å². The fraction of sp³-hybridized carbons (Fsp3) is 0. The number of H-pyrrole nitrogens is 2. The fourth-order valence-electron chi connectivity index (χ4n) is 3.87. The highest BCUT2D eigenvalue weighted by atomic mass is 14.9. The average molecular weight is 360 g/mol. The van der Waals surface area contributed by atoms with Crippen molar-refractivity contribution in [2.75, 3.05) is 0 Å². The summed E-state index contributed by atoms with van der Waals surface area (Å²) in [7, 11) is 0. The molecule has 0 amide bonds. The average Bonchev–Trinajstić information content (AvgIpc) is 3.37. The highest BCUT2D eigenvalue weighted by Crippen LogP contribution is 2.34. The molecule has 0 atom stereocenters. The first-order valence-electron chi connectivity index (χ1n) is 9.29. The highest BCUT2D eigenvalue weighted by Gasteiger charge is 2.14. The van der Waals surface area contributed by atoms with E-state index in [4.69, 9.17) is 9.97 Å². The summed E-state index contributed by atoms with van der Waals surface area (Å²) < 4.78 is 0. The quantitative estimate of drug-likeness (QED) is 0.402. The Bertz CT molecular complexity index is 1290. The van der Waals surface area contributed by atoms with Gasteiger partial charge in [0.25, 0.3) is 0 Å². The molecule has 2 aromatic heterocycles. The van der Waals surface area contributed by atoms with E-state index in [0.717, 1.165) is 55.6 Å². The molecule has 0 aliphatic rings. The lowest BCUT2D eigenvalue weighted by Gasteiger charge is -2.08. The van der Waals surface area contributed by atoms with E-state index in [2.05, 4.69) is 58.5 Å². The van der Waals surface area contributed by atoms with Gasteiger partial charge < -0.3 is 9.97 Å². The van der Waals surface area contributed by atoms with Crippen LogP contribution in [0.15, 0.2) is 84.9 Å². The Balaban J connectivity index is 1.60. The van der Waals surface area contributed by atoms with Gasteiger partial charge in [-0.1, -0.05) is 48.5 Å². The normalized spacial score (nSPS) is 11.6. The number of aromatic nitrogens is 4. The van der Waals surface area contributed by atoms with Gasteiger partial charge in [-0.05, 0) is 47.2 Å². The lowest BCUT2D eigenvalue weighted by molar-refractivity contribution is 1.33. The number of para-hydroxylation sites is 4. The van der Waals surface area contributed by atoms with Crippen LogP contribution in [0.3, 0.4) is 0 Å². The minimum Gasteiger partial charge on any atom is -0.338 e. The van der Waals surface area contributed by atoms with E-state index < -0.39 is 0 Å². The Labute approximate surface area is 160 Å². The van der Waals surface area contributed by atoms with Crippen LogP contribution in [0.1, 0.15) is 0 Å². The lowest BCUT2D eigenvalue weighted by atomic mass is 9.99. The first-order valence-corrected chi connectivity index (χ1v) is 9.29. The number of hydrogen-bond acceptors (Lipinski definition) is 2. The van der Waals surface area contributed by atoms with E-state index in [1.807, 2.05) is 36.4 Å². The summed E-state index contributed by atoms with van der Waals surface area (Å²) in [6.45, 7) is 0. The van der Waals surface area contributed by atoms with Gasteiger partial charge in [0, 0.05) is 11.1 Å². The van der Waals surface area contributed by atoms with Gasteiger partial charge in [0.15, 0.2) is 0 Å². The van der Waals surface area contributed by atoms with Crippen molar-refractivity contribution in [2.45, 2.75) is 0 Å². The van der Waals surface area contributed by atoms with Gasteiger partial charge in [0.05, 0.1) is 22.1 Å². The third-order valence-electron chi connectivity index (χ3n) is 5.21. The van der Waals surface area contributed by atoms with Crippen LogP contribution < -0.4 is 0 Å². The molecule has 6 aromatic rings. The standard InChI is InChI=1S/C24H16N4/c1-2-8-16-15(7-1)17(23-25-19-9-3-4-10-20(19)26-23)13-14-18(16)24-27-21-11-5-6-12-22(21)28-24/h1-14H,(H,25,26)(H,27,28). The molecule has 6 rings (SSSR count). The van der Waals surface area contributed by atoms with Gasteiger partial charge in [0.1, 0.15) is 11.6 Å². The van der Waals surface area contributed by atoms with Crippen LogP contribution in [0, 0.1) is 0 Å². The zero-order valence-corrected chi connectivity index (χ0v) is 15.0. The van der Waals surface area contributed by atoms with Crippen molar-refractivity contribution in [1.82, 2.24) is 19.9 Å². The molecular weight excluding hydrogens is 344 g/mol. The molecule has 132 valence electrons. The Morgan fingerprint density at radius 1 is 0.464 bits per heavy atom. The first kappa shape index (κ1) is 15.2. The van der Waals surface area contributed by atoms with Crippen molar-refractivity contribution >= 4 is 32.8 Å². The predicted octanol–water partition coefficient (Wildman–Crippen LogP) is 5.93. The molecule has 0 fully saturated rings. The summed E-state index contributed by atoms with van der Waals surface area (Å²) in [5, 5.41) is 2.30. The van der Waals surface area contributed by atoms with Gasteiger partial charge >= 0.3 is 0 Å². The molecule has 0 aliphatic carbocycles. The number of fused-ring (bicyclic) bond motifs is 3. The van der Waals surface area contributed by atoms with Gasteiger partial charge in [0.2, 0.25) is 0 Å². The molecule has 0 bridgehead atoms. The number of benzene rings is 4. The van der Waals surface area contributed by atoms with E-state index in [0.29, 0.717) is 0 Å². The molecule has 2 N–H and O–H groups in total. The largest absolute Gasteiger partial charge is 0.338 e. The number of hydrogen-bond donors (Lipinski definition) is 2. The number of aromatic amines is 2. The third kappa shape index (κ3) is 2.25. The van der Waals surface area contributed by atoms with Crippen LogP contribution in [0.2, 0.25) is 0 Å². The highest BCUT2D eigenvalue weighted by molar-refractivity contribution is 6.04. The second-order valence-corrected chi connectivity index (χ2v) is 6.91. The van der Waals surface area contributed by atoms with E-state index >= 15 is 0 Å². The monoisotopic (exact) mass is 360 g/mol. The second-order valence-electron chi connectivity index (χ2n) is 6.91. The minimum atomic E-state index is 0.883. The van der Waals surface area contributed by atoms with Crippen molar-refractivity contribution in [1.29, 1.82) is 0 Å². The summed E-state index contributed by atoms with van der Waals surface area (Å²) in [5.41, 5.74) is 6.22. The Morgan fingerprint density at radius 3 is 1.36 bits per heavy atom. The molecular formula is C24H16N4. The smallest absolute Gasteiger partial charge is 0.139 e. The van der Waals surface area contributed by atoms with E-state index in [9.17, 15) is 0 Å². The Morgan fingerprint density at radius 2 is 0.893 bits per heavy atom. The van der Waals surface area contributed by atoms with Crippen molar-refractivity contribution < 1.29 is 0 Å². The molecule has 2 heterocycles. The third-order valence-corrected chi connectivity index (χ3v) is 5.21. The minimum absolute atomic E-state index is 0.883. The Hall–Kier alpha value is -3.92. The summed E-state index contributed by atoms with van der Waals surface area (Å²) >= 11 is 0. The van der Waals surface area contributed by atoms with Crippen LogP contribution >= 0.6 is 0 Å². The van der Waals surface area contributed by atoms with E-state index in [-0.39, 0.29) is 0 Å². The maximum atomic E-state index is 4.79. The summed E-state index contributed by atoms with van der Waals surface area (Å²) in [6.07, 6.45) is 0. The molecule has 4 heteroatoms. The van der Waals surface area contributed by atoms with E-state index in [1.54, 1.807) is 0 Å². The SMILES string of the molecule is c1ccc2[nH]c(-c3ccc(-c4nc5ccccc5[nH]4)c4ccccc34)nc2c1.